The van der Waals surface area contributed by atoms with Crippen molar-refractivity contribution in [2.45, 2.75) is 20.4 Å². The molecule has 0 saturated heterocycles. The summed E-state index contributed by atoms with van der Waals surface area (Å²) in [5, 5.41) is 3.82. The topological polar surface area (TPSA) is 77.2 Å². The van der Waals surface area contributed by atoms with Crippen LogP contribution in [0.5, 0.6) is 5.75 Å². The number of thiazole rings is 1. The predicted molar refractivity (Wildman–Crippen MR) is 80.0 cm³/mol. The van der Waals surface area contributed by atoms with Crippen LogP contribution in [0.1, 0.15) is 27.2 Å². The summed E-state index contributed by atoms with van der Waals surface area (Å²) < 4.78 is 5.44. The number of rotatable bonds is 5. The normalized spacial score (nSPS) is 10.3. The molecule has 0 aliphatic rings. The maximum atomic E-state index is 12.3. The van der Waals surface area contributed by atoms with Crippen molar-refractivity contribution < 1.29 is 9.53 Å². The molecule has 3 N–H and O–H groups in total. The number of aryl methyl sites for hydroxylation is 1. The molecular formula is C14H17N3O2S. The number of nitrogens with two attached hydrogens (primary N) is 1. The molecule has 0 aliphatic carbocycles. The van der Waals surface area contributed by atoms with Crippen molar-refractivity contribution in [3.05, 3.63) is 39.8 Å². The molecule has 1 heterocycles. The van der Waals surface area contributed by atoms with E-state index in [-0.39, 0.29) is 5.91 Å². The smallest absolute Gasteiger partial charge is 0.257 e. The van der Waals surface area contributed by atoms with E-state index in [1.807, 2.05) is 13.8 Å². The van der Waals surface area contributed by atoms with Gasteiger partial charge in [-0.25, -0.2) is 4.98 Å². The summed E-state index contributed by atoms with van der Waals surface area (Å²) in [7, 11) is 0. The van der Waals surface area contributed by atoms with E-state index >= 15 is 0 Å². The van der Waals surface area contributed by atoms with Crippen LogP contribution in [0, 0.1) is 6.92 Å². The summed E-state index contributed by atoms with van der Waals surface area (Å²) in [6.07, 6.45) is 1.76. The first-order valence-electron chi connectivity index (χ1n) is 6.32. The molecule has 0 radical (unpaired) electrons. The molecule has 5 nitrogen and oxygen atoms in total. The van der Waals surface area contributed by atoms with Gasteiger partial charge in [0.05, 0.1) is 18.2 Å². The number of nitrogens with zero attached hydrogens (tertiary/aromatic N) is 1. The summed E-state index contributed by atoms with van der Waals surface area (Å²) >= 11 is 1.56. The fourth-order valence-corrected chi connectivity index (χ4v) is 2.54. The molecule has 0 unspecified atom stereocenters. The van der Waals surface area contributed by atoms with Crippen LogP contribution in [0.4, 0.5) is 5.69 Å². The number of anilines is 1. The fraction of sp³-hybridized carbons (Fsp3) is 0.286. The second kappa shape index (κ2) is 6.38. The zero-order valence-corrected chi connectivity index (χ0v) is 12.3. The molecule has 0 fully saturated rings. The lowest BCUT2D eigenvalue weighted by Gasteiger charge is -2.12. The molecule has 0 atom stereocenters. The number of benzene rings is 1. The van der Waals surface area contributed by atoms with E-state index in [0.717, 1.165) is 9.88 Å². The van der Waals surface area contributed by atoms with Gasteiger partial charge in [-0.3, -0.25) is 4.79 Å². The lowest BCUT2D eigenvalue weighted by atomic mass is 10.1. The van der Waals surface area contributed by atoms with Crippen LogP contribution in [0.25, 0.3) is 0 Å². The largest absolute Gasteiger partial charge is 0.493 e. The molecule has 1 aromatic carbocycles. The van der Waals surface area contributed by atoms with Crippen molar-refractivity contribution in [2.75, 3.05) is 12.3 Å². The number of carbonyl (C=O) groups is 1. The van der Waals surface area contributed by atoms with Crippen LogP contribution in [0.3, 0.4) is 0 Å². The van der Waals surface area contributed by atoms with Gasteiger partial charge < -0.3 is 15.8 Å². The van der Waals surface area contributed by atoms with Gasteiger partial charge in [0.2, 0.25) is 0 Å². The summed E-state index contributed by atoms with van der Waals surface area (Å²) in [6.45, 7) is 4.71. The third kappa shape index (κ3) is 3.27. The molecule has 6 heteroatoms. The first kappa shape index (κ1) is 14.3. The van der Waals surface area contributed by atoms with E-state index in [9.17, 15) is 4.79 Å². The van der Waals surface area contributed by atoms with E-state index < -0.39 is 0 Å². The van der Waals surface area contributed by atoms with Crippen LogP contribution in [0.15, 0.2) is 24.4 Å². The molecule has 0 aliphatic heterocycles. The Bertz CT molecular complexity index is 610. The first-order chi connectivity index (χ1) is 9.61. The summed E-state index contributed by atoms with van der Waals surface area (Å²) in [5.74, 6) is 0.267. The van der Waals surface area contributed by atoms with Crippen molar-refractivity contribution >= 4 is 22.9 Å². The highest BCUT2D eigenvalue weighted by Crippen LogP contribution is 2.24. The van der Waals surface area contributed by atoms with Crippen LogP contribution >= 0.6 is 11.3 Å². The molecule has 0 spiro atoms. The van der Waals surface area contributed by atoms with Crippen LogP contribution in [0.2, 0.25) is 0 Å². The summed E-state index contributed by atoms with van der Waals surface area (Å²) in [5.41, 5.74) is 6.67. The Morgan fingerprint density at radius 2 is 2.30 bits per heavy atom. The zero-order chi connectivity index (χ0) is 14.5. The van der Waals surface area contributed by atoms with E-state index in [1.165, 1.54) is 0 Å². The van der Waals surface area contributed by atoms with Gasteiger partial charge in [0.1, 0.15) is 11.3 Å². The Labute approximate surface area is 121 Å². The fourth-order valence-electron chi connectivity index (χ4n) is 1.81. The zero-order valence-electron chi connectivity index (χ0n) is 11.5. The van der Waals surface area contributed by atoms with Crippen molar-refractivity contribution in [2.24, 2.45) is 0 Å². The van der Waals surface area contributed by atoms with E-state index in [4.69, 9.17) is 10.5 Å². The molecule has 1 amide bonds. The lowest BCUT2D eigenvalue weighted by molar-refractivity contribution is 0.0948. The quantitative estimate of drug-likeness (QED) is 0.829. The van der Waals surface area contributed by atoms with Gasteiger partial charge in [-0.1, -0.05) is 6.07 Å². The van der Waals surface area contributed by atoms with Gasteiger partial charge in [-0.15, -0.1) is 11.3 Å². The lowest BCUT2D eigenvalue weighted by Crippen LogP contribution is -2.24. The number of hydrogen-bond acceptors (Lipinski definition) is 5. The molecular weight excluding hydrogens is 274 g/mol. The average Bonchev–Trinajstić information content (AvgIpc) is 2.82. The monoisotopic (exact) mass is 291 g/mol. The van der Waals surface area contributed by atoms with Gasteiger partial charge in [0.25, 0.3) is 5.91 Å². The summed E-state index contributed by atoms with van der Waals surface area (Å²) in [4.78, 5) is 17.4. The second-order valence-corrected chi connectivity index (χ2v) is 5.50. The number of nitrogen functional groups attached to an aromatic ring is 1. The highest BCUT2D eigenvalue weighted by molar-refractivity contribution is 7.11. The van der Waals surface area contributed by atoms with Gasteiger partial charge >= 0.3 is 0 Å². The minimum Gasteiger partial charge on any atom is -0.493 e. The Balaban J connectivity index is 2.12. The molecule has 106 valence electrons. The van der Waals surface area contributed by atoms with Gasteiger partial charge in [0.15, 0.2) is 0 Å². The molecule has 1 aromatic heterocycles. The minimum absolute atomic E-state index is 0.238. The summed E-state index contributed by atoms with van der Waals surface area (Å²) in [6, 6.07) is 5.20. The standard InChI is InChI=1S/C14H17N3O2S/c1-3-19-12-6-4-5-11(15)13(12)14(18)17-8-10-7-16-9(2)20-10/h4-7H,3,8,15H2,1-2H3,(H,17,18). The molecule has 2 aromatic rings. The molecule has 0 bridgehead atoms. The Morgan fingerprint density at radius 3 is 2.95 bits per heavy atom. The number of carbonyl (C=O) groups excluding carboxylic acids is 1. The SMILES string of the molecule is CCOc1cccc(N)c1C(=O)NCc1cnc(C)s1. The third-order valence-corrected chi connectivity index (χ3v) is 3.59. The highest BCUT2D eigenvalue weighted by atomic mass is 32.1. The Hall–Kier alpha value is -2.08. The Kier molecular flexibility index (Phi) is 4.57. The number of nitrogens with one attached hydrogen (secondary N) is 1. The van der Waals surface area contributed by atoms with E-state index in [1.54, 1.807) is 35.7 Å². The highest BCUT2D eigenvalue weighted by Gasteiger charge is 2.16. The maximum absolute atomic E-state index is 12.3. The van der Waals surface area contributed by atoms with Gasteiger partial charge in [-0.05, 0) is 26.0 Å². The van der Waals surface area contributed by atoms with E-state index in [2.05, 4.69) is 10.3 Å². The minimum atomic E-state index is -0.238. The second-order valence-electron chi connectivity index (χ2n) is 4.18. The number of ether oxygens (including phenoxy) is 1. The first-order valence-corrected chi connectivity index (χ1v) is 7.14. The van der Waals surface area contributed by atoms with Crippen LogP contribution in [-0.2, 0) is 6.54 Å². The number of aromatic nitrogens is 1. The van der Waals surface area contributed by atoms with Gasteiger partial charge in [0, 0.05) is 16.8 Å². The van der Waals surface area contributed by atoms with Crippen molar-refractivity contribution in [3.8, 4) is 5.75 Å². The van der Waals surface area contributed by atoms with Crippen molar-refractivity contribution in [1.29, 1.82) is 0 Å². The third-order valence-electron chi connectivity index (χ3n) is 2.68. The predicted octanol–water partition coefficient (Wildman–Crippen LogP) is 2.36. The van der Waals surface area contributed by atoms with Crippen molar-refractivity contribution in [1.82, 2.24) is 10.3 Å². The van der Waals surface area contributed by atoms with Crippen LogP contribution < -0.4 is 15.8 Å². The molecule has 20 heavy (non-hydrogen) atoms. The van der Waals surface area contributed by atoms with Crippen molar-refractivity contribution in [3.63, 3.8) is 0 Å². The molecule has 0 saturated carbocycles. The maximum Gasteiger partial charge on any atom is 0.257 e. The molecule has 2 rings (SSSR count). The number of amides is 1. The number of hydrogen-bond donors (Lipinski definition) is 2. The van der Waals surface area contributed by atoms with Crippen LogP contribution in [-0.4, -0.2) is 17.5 Å². The van der Waals surface area contributed by atoms with Gasteiger partial charge in [-0.2, -0.15) is 0 Å². The van der Waals surface area contributed by atoms with E-state index in [0.29, 0.717) is 30.2 Å². The average molecular weight is 291 g/mol. The Morgan fingerprint density at radius 1 is 1.50 bits per heavy atom.